The van der Waals surface area contributed by atoms with Crippen molar-refractivity contribution in [2.75, 3.05) is 13.1 Å². The summed E-state index contributed by atoms with van der Waals surface area (Å²) >= 11 is 0. The summed E-state index contributed by atoms with van der Waals surface area (Å²) in [5, 5.41) is 3.05. The Labute approximate surface area is 181 Å². The maximum absolute atomic E-state index is 12.7. The monoisotopic (exact) mass is 408 g/mol. The molecule has 0 radical (unpaired) electrons. The van der Waals surface area contributed by atoms with Gasteiger partial charge >= 0.3 is 0 Å². The minimum atomic E-state index is -0.488. The number of ether oxygens (including phenoxy) is 1. The molecule has 0 bridgehead atoms. The van der Waals surface area contributed by atoms with Gasteiger partial charge in [0.15, 0.2) is 6.10 Å². The van der Waals surface area contributed by atoms with Crippen LogP contribution in [0.3, 0.4) is 0 Å². The highest BCUT2D eigenvalue weighted by molar-refractivity contribution is 5.81. The zero-order valence-electron chi connectivity index (χ0n) is 18.9. The second-order valence-electron chi connectivity index (χ2n) is 9.31. The molecule has 1 aliphatic rings. The molecule has 1 heterocycles. The van der Waals surface area contributed by atoms with Crippen LogP contribution in [0.1, 0.15) is 63.6 Å². The Morgan fingerprint density at radius 2 is 1.73 bits per heavy atom. The van der Waals surface area contributed by atoms with E-state index in [1.165, 1.54) is 37.1 Å². The molecular formula is C26H36N2O2. The van der Waals surface area contributed by atoms with E-state index in [-0.39, 0.29) is 11.3 Å². The van der Waals surface area contributed by atoms with E-state index in [2.05, 4.69) is 67.4 Å². The van der Waals surface area contributed by atoms with Gasteiger partial charge in [-0.1, -0.05) is 64.1 Å². The lowest BCUT2D eigenvalue weighted by molar-refractivity contribution is -0.128. The third-order valence-corrected chi connectivity index (χ3v) is 5.72. The van der Waals surface area contributed by atoms with Gasteiger partial charge in [-0.05, 0) is 66.6 Å². The second kappa shape index (κ2) is 10.1. The molecule has 1 saturated heterocycles. The number of hydrogen-bond donors (Lipinski definition) is 1. The predicted octanol–water partition coefficient (Wildman–Crippen LogP) is 5.05. The Bertz CT molecular complexity index is 818. The van der Waals surface area contributed by atoms with E-state index in [1.54, 1.807) is 0 Å². The lowest BCUT2D eigenvalue weighted by Gasteiger charge is -2.21. The molecule has 3 rings (SSSR count). The topological polar surface area (TPSA) is 41.6 Å². The summed E-state index contributed by atoms with van der Waals surface area (Å²) in [4.78, 5) is 15.2. The number of nitrogens with zero attached hydrogens (tertiary/aromatic N) is 1. The van der Waals surface area contributed by atoms with Crippen LogP contribution in [-0.4, -0.2) is 30.0 Å². The first-order valence-electron chi connectivity index (χ1n) is 11.2. The second-order valence-corrected chi connectivity index (χ2v) is 9.31. The number of hydrogen-bond acceptors (Lipinski definition) is 3. The zero-order valence-corrected chi connectivity index (χ0v) is 18.9. The molecule has 2 aromatic carbocycles. The molecular weight excluding hydrogens is 372 g/mol. The number of benzene rings is 2. The summed E-state index contributed by atoms with van der Waals surface area (Å²) in [7, 11) is 0. The van der Waals surface area contributed by atoms with Crippen molar-refractivity contribution in [1.29, 1.82) is 0 Å². The van der Waals surface area contributed by atoms with E-state index < -0.39 is 6.10 Å². The van der Waals surface area contributed by atoms with Crippen LogP contribution in [0, 0.1) is 0 Å². The van der Waals surface area contributed by atoms with Crippen LogP contribution in [0.5, 0.6) is 5.75 Å². The van der Waals surface area contributed by atoms with Gasteiger partial charge in [-0.15, -0.1) is 0 Å². The fourth-order valence-electron chi connectivity index (χ4n) is 3.86. The Balaban J connectivity index is 1.53. The lowest BCUT2D eigenvalue weighted by Crippen LogP contribution is -2.37. The minimum absolute atomic E-state index is 0.0673. The van der Waals surface area contributed by atoms with Crippen LogP contribution in [0.2, 0.25) is 0 Å². The third kappa shape index (κ3) is 6.33. The van der Waals surface area contributed by atoms with Gasteiger partial charge in [0.1, 0.15) is 5.75 Å². The smallest absolute Gasteiger partial charge is 0.261 e. The van der Waals surface area contributed by atoms with Crippen molar-refractivity contribution in [1.82, 2.24) is 10.2 Å². The SMILES string of the molecule is CCC(Oc1ccc(C(C)(C)C)cc1)C(=O)NCc1cccc(CN2CCCC2)c1. The summed E-state index contributed by atoms with van der Waals surface area (Å²) in [6, 6.07) is 16.6. The van der Waals surface area contributed by atoms with Gasteiger partial charge in [0.05, 0.1) is 0 Å². The van der Waals surface area contributed by atoms with Gasteiger partial charge in [-0.2, -0.15) is 0 Å². The van der Waals surface area contributed by atoms with Crippen molar-refractivity contribution < 1.29 is 9.53 Å². The molecule has 1 atom stereocenters. The standard InChI is InChI=1S/C26H36N2O2/c1-5-24(30-23-13-11-22(12-14-23)26(2,3)4)25(29)27-18-20-9-8-10-21(17-20)19-28-15-6-7-16-28/h8-14,17,24H,5-7,15-16,18-19H2,1-4H3,(H,27,29). The van der Waals surface area contributed by atoms with E-state index in [1.807, 2.05) is 19.1 Å². The fourth-order valence-corrected chi connectivity index (χ4v) is 3.86. The van der Waals surface area contributed by atoms with E-state index in [0.29, 0.717) is 13.0 Å². The molecule has 0 aliphatic carbocycles. The molecule has 4 heteroatoms. The van der Waals surface area contributed by atoms with Gasteiger partial charge in [-0.3, -0.25) is 9.69 Å². The molecule has 1 amide bonds. The molecule has 2 aromatic rings. The van der Waals surface area contributed by atoms with Crippen molar-refractivity contribution in [3.63, 3.8) is 0 Å². The van der Waals surface area contributed by atoms with E-state index in [4.69, 9.17) is 4.74 Å². The van der Waals surface area contributed by atoms with Gasteiger partial charge < -0.3 is 10.1 Å². The summed E-state index contributed by atoms with van der Waals surface area (Å²) in [6.07, 6.45) is 2.74. The molecule has 0 spiro atoms. The fraction of sp³-hybridized carbons (Fsp3) is 0.500. The largest absolute Gasteiger partial charge is 0.481 e. The van der Waals surface area contributed by atoms with Gasteiger partial charge in [-0.25, -0.2) is 0 Å². The van der Waals surface area contributed by atoms with E-state index in [9.17, 15) is 4.79 Å². The van der Waals surface area contributed by atoms with Crippen molar-refractivity contribution in [3.8, 4) is 5.75 Å². The maximum atomic E-state index is 12.7. The average Bonchev–Trinajstić information content (AvgIpc) is 3.23. The quantitative estimate of drug-likeness (QED) is 0.664. The maximum Gasteiger partial charge on any atom is 0.261 e. The molecule has 1 unspecified atom stereocenters. The highest BCUT2D eigenvalue weighted by Crippen LogP contribution is 2.25. The van der Waals surface area contributed by atoms with Crippen molar-refractivity contribution in [2.24, 2.45) is 0 Å². The molecule has 1 aliphatic heterocycles. The van der Waals surface area contributed by atoms with Crippen LogP contribution < -0.4 is 10.1 Å². The number of carbonyl (C=O) groups is 1. The number of likely N-dealkylation sites (tertiary alicyclic amines) is 1. The first kappa shape index (κ1) is 22.4. The van der Waals surface area contributed by atoms with Crippen LogP contribution in [-0.2, 0) is 23.3 Å². The van der Waals surface area contributed by atoms with Crippen LogP contribution in [0.4, 0.5) is 0 Å². The number of carbonyl (C=O) groups excluding carboxylic acids is 1. The number of rotatable bonds is 8. The molecule has 162 valence electrons. The lowest BCUT2D eigenvalue weighted by atomic mass is 9.87. The summed E-state index contributed by atoms with van der Waals surface area (Å²) in [6.45, 7) is 12.4. The van der Waals surface area contributed by atoms with Crippen LogP contribution in [0.15, 0.2) is 48.5 Å². The Hall–Kier alpha value is -2.33. The first-order valence-corrected chi connectivity index (χ1v) is 11.2. The highest BCUT2D eigenvalue weighted by atomic mass is 16.5. The Morgan fingerprint density at radius 3 is 2.37 bits per heavy atom. The van der Waals surface area contributed by atoms with Gasteiger partial charge in [0, 0.05) is 13.1 Å². The summed E-state index contributed by atoms with van der Waals surface area (Å²) in [5.74, 6) is 0.667. The van der Waals surface area contributed by atoms with E-state index in [0.717, 1.165) is 17.9 Å². The zero-order chi connectivity index (χ0) is 21.6. The molecule has 4 nitrogen and oxygen atoms in total. The molecule has 1 N–H and O–H groups in total. The van der Waals surface area contributed by atoms with E-state index >= 15 is 0 Å². The van der Waals surface area contributed by atoms with Crippen molar-refractivity contribution in [3.05, 3.63) is 65.2 Å². The van der Waals surface area contributed by atoms with Gasteiger partial charge in [0.25, 0.3) is 5.91 Å². The number of amides is 1. The normalized spacial score (nSPS) is 15.7. The van der Waals surface area contributed by atoms with Crippen molar-refractivity contribution >= 4 is 5.91 Å². The summed E-state index contributed by atoms with van der Waals surface area (Å²) in [5.41, 5.74) is 3.79. The average molecular weight is 409 g/mol. The first-order chi connectivity index (χ1) is 14.3. The van der Waals surface area contributed by atoms with Gasteiger partial charge in [0.2, 0.25) is 0 Å². The molecule has 0 saturated carbocycles. The molecule has 1 fully saturated rings. The van der Waals surface area contributed by atoms with Crippen LogP contribution >= 0.6 is 0 Å². The highest BCUT2D eigenvalue weighted by Gasteiger charge is 2.19. The number of nitrogens with one attached hydrogen (secondary N) is 1. The Morgan fingerprint density at radius 1 is 1.07 bits per heavy atom. The molecule has 0 aromatic heterocycles. The Kier molecular flexibility index (Phi) is 7.54. The predicted molar refractivity (Wildman–Crippen MR) is 123 cm³/mol. The minimum Gasteiger partial charge on any atom is -0.481 e. The van der Waals surface area contributed by atoms with Crippen molar-refractivity contribution in [2.45, 2.75) is 71.6 Å². The molecule has 30 heavy (non-hydrogen) atoms. The van der Waals surface area contributed by atoms with Crippen LogP contribution in [0.25, 0.3) is 0 Å². The summed E-state index contributed by atoms with van der Waals surface area (Å²) < 4.78 is 5.98. The third-order valence-electron chi connectivity index (χ3n) is 5.72.